The van der Waals surface area contributed by atoms with Crippen LogP contribution in [0.5, 0.6) is 0 Å². The number of hydrogen-bond donors (Lipinski definition) is 1. The first kappa shape index (κ1) is 12.7. The van der Waals surface area contributed by atoms with Crippen molar-refractivity contribution < 1.29 is 14.0 Å². The van der Waals surface area contributed by atoms with Crippen LogP contribution >= 0.6 is 15.9 Å². The maximum Gasteiger partial charge on any atom is 0.299 e. The van der Waals surface area contributed by atoms with Gasteiger partial charge >= 0.3 is 0 Å². The van der Waals surface area contributed by atoms with E-state index in [2.05, 4.69) is 21.2 Å². The fraction of sp³-hybridized carbons (Fsp3) is 0.385. The lowest BCUT2D eigenvalue weighted by atomic mass is 10.1. The van der Waals surface area contributed by atoms with Crippen LogP contribution in [0.25, 0.3) is 0 Å². The molecule has 0 bridgehead atoms. The Morgan fingerprint density at radius 2 is 2.11 bits per heavy atom. The van der Waals surface area contributed by atoms with Crippen molar-refractivity contribution in [2.24, 2.45) is 0 Å². The van der Waals surface area contributed by atoms with Crippen molar-refractivity contribution in [3.63, 3.8) is 0 Å². The molecule has 0 radical (unpaired) electrons. The number of anilines is 1. The molecule has 1 aromatic carbocycles. The molecule has 1 aliphatic carbocycles. The van der Waals surface area contributed by atoms with E-state index in [0.29, 0.717) is 29.3 Å². The van der Waals surface area contributed by atoms with Gasteiger partial charge in [-0.1, -0.05) is 0 Å². The highest BCUT2D eigenvalue weighted by Gasteiger charge is 2.37. The molecule has 0 aromatic heterocycles. The van der Waals surface area contributed by atoms with Crippen LogP contribution in [0.3, 0.4) is 0 Å². The SMILES string of the molecule is O=C1C(=O)N(CCNC2CC2)c2c(Br)cc(F)cc21. The fourth-order valence-electron chi connectivity index (χ4n) is 2.23. The minimum Gasteiger partial charge on any atom is -0.312 e. The normalized spacial score (nSPS) is 18.1. The largest absolute Gasteiger partial charge is 0.312 e. The Labute approximate surface area is 118 Å². The van der Waals surface area contributed by atoms with Gasteiger partial charge in [0.05, 0.1) is 11.3 Å². The molecule has 1 fully saturated rings. The molecular formula is C13H12BrFN2O2. The summed E-state index contributed by atoms with van der Waals surface area (Å²) in [5.74, 6) is -1.75. The molecule has 1 aliphatic heterocycles. The first-order chi connectivity index (χ1) is 9.08. The molecule has 0 spiro atoms. The Kier molecular flexibility index (Phi) is 3.14. The van der Waals surface area contributed by atoms with Crippen LogP contribution in [0.2, 0.25) is 0 Å². The van der Waals surface area contributed by atoms with Crippen LogP contribution < -0.4 is 10.2 Å². The van der Waals surface area contributed by atoms with Gasteiger partial charge in [0.25, 0.3) is 11.7 Å². The molecule has 100 valence electrons. The second-order valence-electron chi connectivity index (χ2n) is 4.80. The predicted molar refractivity (Wildman–Crippen MR) is 71.8 cm³/mol. The molecule has 0 atom stereocenters. The zero-order valence-corrected chi connectivity index (χ0v) is 11.7. The summed E-state index contributed by atoms with van der Waals surface area (Å²) in [6.07, 6.45) is 2.33. The second kappa shape index (κ2) is 4.68. The van der Waals surface area contributed by atoms with Crippen LogP contribution in [0.1, 0.15) is 23.2 Å². The Morgan fingerprint density at radius 3 is 2.79 bits per heavy atom. The van der Waals surface area contributed by atoms with E-state index in [1.54, 1.807) is 0 Å². The smallest absolute Gasteiger partial charge is 0.299 e. The van der Waals surface area contributed by atoms with Gasteiger partial charge in [0.1, 0.15) is 5.82 Å². The Balaban J connectivity index is 1.85. The van der Waals surface area contributed by atoms with Crippen LogP contribution in [0.4, 0.5) is 10.1 Å². The quantitative estimate of drug-likeness (QED) is 0.859. The van der Waals surface area contributed by atoms with Gasteiger partial charge in [-0.25, -0.2) is 4.39 Å². The van der Waals surface area contributed by atoms with Gasteiger partial charge in [-0.2, -0.15) is 0 Å². The molecule has 6 heteroatoms. The van der Waals surface area contributed by atoms with Crippen LogP contribution in [0.15, 0.2) is 16.6 Å². The van der Waals surface area contributed by atoms with E-state index < -0.39 is 17.5 Å². The molecule has 3 rings (SSSR count). The standard InChI is InChI=1S/C13H12BrFN2O2/c14-10-6-7(15)5-9-11(10)17(13(19)12(9)18)4-3-16-8-1-2-8/h5-6,8,16H,1-4H2. The molecule has 1 heterocycles. The topological polar surface area (TPSA) is 49.4 Å². The van der Waals surface area contributed by atoms with Gasteiger partial charge in [-0.3, -0.25) is 9.59 Å². The van der Waals surface area contributed by atoms with Crippen molar-refractivity contribution in [2.75, 3.05) is 18.0 Å². The molecular weight excluding hydrogens is 315 g/mol. The highest BCUT2D eigenvalue weighted by Crippen LogP contribution is 2.36. The van der Waals surface area contributed by atoms with Crippen molar-refractivity contribution in [3.8, 4) is 0 Å². The van der Waals surface area contributed by atoms with Crippen molar-refractivity contribution in [2.45, 2.75) is 18.9 Å². The van der Waals surface area contributed by atoms with E-state index in [0.717, 1.165) is 6.07 Å². The number of hydrogen-bond acceptors (Lipinski definition) is 3. The summed E-state index contributed by atoms with van der Waals surface area (Å²) in [6, 6.07) is 2.94. The van der Waals surface area contributed by atoms with Crippen molar-refractivity contribution in [1.29, 1.82) is 0 Å². The number of nitrogens with one attached hydrogen (secondary N) is 1. The Hall–Kier alpha value is -1.27. The van der Waals surface area contributed by atoms with E-state index in [9.17, 15) is 14.0 Å². The van der Waals surface area contributed by atoms with Crippen LogP contribution in [-0.2, 0) is 4.79 Å². The number of carbonyl (C=O) groups is 2. The lowest BCUT2D eigenvalue weighted by Crippen LogP contribution is -2.36. The Bertz CT molecular complexity index is 572. The summed E-state index contributed by atoms with van der Waals surface area (Å²) in [5, 5.41) is 3.29. The third-order valence-electron chi connectivity index (χ3n) is 3.33. The number of benzene rings is 1. The fourth-order valence-corrected chi connectivity index (χ4v) is 2.88. The maximum atomic E-state index is 13.3. The van der Waals surface area contributed by atoms with E-state index >= 15 is 0 Å². The predicted octanol–water partition coefficient (Wildman–Crippen LogP) is 1.87. The summed E-state index contributed by atoms with van der Waals surface area (Å²) in [5.41, 5.74) is 0.622. The van der Waals surface area contributed by atoms with Crippen LogP contribution in [-0.4, -0.2) is 30.8 Å². The molecule has 1 saturated carbocycles. The van der Waals surface area contributed by atoms with Crippen LogP contribution in [0, 0.1) is 5.82 Å². The summed E-state index contributed by atoms with van der Waals surface area (Å²) < 4.78 is 13.7. The number of ketones is 1. The lowest BCUT2D eigenvalue weighted by Gasteiger charge is -2.18. The number of nitrogens with zero attached hydrogens (tertiary/aromatic N) is 1. The molecule has 1 aromatic rings. The maximum absolute atomic E-state index is 13.3. The molecule has 19 heavy (non-hydrogen) atoms. The molecule has 0 saturated heterocycles. The number of carbonyl (C=O) groups excluding carboxylic acids is 2. The number of amides is 1. The minimum absolute atomic E-state index is 0.142. The third-order valence-corrected chi connectivity index (χ3v) is 3.93. The summed E-state index contributed by atoms with van der Waals surface area (Å²) >= 11 is 3.22. The monoisotopic (exact) mass is 326 g/mol. The summed E-state index contributed by atoms with van der Waals surface area (Å²) in [6.45, 7) is 1.05. The first-order valence-electron chi connectivity index (χ1n) is 6.16. The summed E-state index contributed by atoms with van der Waals surface area (Å²) in [4.78, 5) is 25.2. The van der Waals surface area contributed by atoms with Gasteiger partial charge in [0, 0.05) is 23.6 Å². The third kappa shape index (κ3) is 2.30. The molecule has 0 unspecified atom stereocenters. The van der Waals surface area contributed by atoms with Gasteiger partial charge in [0.15, 0.2) is 0 Å². The number of rotatable bonds is 4. The van der Waals surface area contributed by atoms with Gasteiger partial charge in [0.2, 0.25) is 0 Å². The van der Waals surface area contributed by atoms with Crippen molar-refractivity contribution >= 4 is 33.3 Å². The van der Waals surface area contributed by atoms with Gasteiger partial charge < -0.3 is 10.2 Å². The molecule has 4 nitrogen and oxygen atoms in total. The van der Waals surface area contributed by atoms with E-state index in [-0.39, 0.29) is 5.56 Å². The van der Waals surface area contributed by atoms with Crippen molar-refractivity contribution in [3.05, 3.63) is 28.0 Å². The van der Waals surface area contributed by atoms with Crippen molar-refractivity contribution in [1.82, 2.24) is 5.32 Å². The highest BCUT2D eigenvalue weighted by atomic mass is 79.9. The zero-order chi connectivity index (χ0) is 13.6. The molecule has 1 N–H and O–H groups in total. The molecule has 2 aliphatic rings. The number of halogens is 2. The minimum atomic E-state index is -0.637. The first-order valence-corrected chi connectivity index (χ1v) is 6.96. The van der Waals surface area contributed by atoms with E-state index in [1.807, 2.05) is 0 Å². The number of fused-ring (bicyclic) bond motifs is 1. The average Bonchev–Trinajstić information content (AvgIpc) is 3.13. The number of Topliss-reactive ketones (excluding diaryl/α,β-unsaturated/α-hetero) is 1. The second-order valence-corrected chi connectivity index (χ2v) is 5.65. The Morgan fingerprint density at radius 1 is 1.37 bits per heavy atom. The highest BCUT2D eigenvalue weighted by molar-refractivity contribution is 9.10. The van der Waals surface area contributed by atoms with E-state index in [1.165, 1.54) is 23.8 Å². The summed E-state index contributed by atoms with van der Waals surface area (Å²) in [7, 11) is 0. The molecule has 1 amide bonds. The average molecular weight is 327 g/mol. The zero-order valence-electron chi connectivity index (χ0n) is 10.1. The lowest BCUT2D eigenvalue weighted by molar-refractivity contribution is -0.114. The van der Waals surface area contributed by atoms with Gasteiger partial charge in [-0.15, -0.1) is 0 Å². The van der Waals surface area contributed by atoms with E-state index in [4.69, 9.17) is 0 Å². The van der Waals surface area contributed by atoms with Gasteiger partial charge in [-0.05, 0) is 40.9 Å².